The minimum Gasteiger partial charge on any atom is -0.309 e. The average Bonchev–Trinajstić information content (AvgIpc) is 3.96. The summed E-state index contributed by atoms with van der Waals surface area (Å²) < 4.78 is 4.79. The van der Waals surface area contributed by atoms with Gasteiger partial charge in [0.2, 0.25) is 0 Å². The van der Waals surface area contributed by atoms with E-state index in [2.05, 4.69) is 221 Å². The lowest BCUT2D eigenvalue weighted by Gasteiger charge is -2.12. The summed E-state index contributed by atoms with van der Waals surface area (Å²) in [7, 11) is 0. The van der Waals surface area contributed by atoms with Crippen molar-refractivity contribution >= 4 is 60.1 Å². The van der Waals surface area contributed by atoms with Crippen LogP contribution in [0.3, 0.4) is 0 Å². The number of nitrogens with zero attached hydrogens (tertiary/aromatic N) is 2. The van der Waals surface area contributed by atoms with Crippen LogP contribution < -0.4 is 0 Å². The summed E-state index contributed by atoms with van der Waals surface area (Å²) in [5, 5.41) is 16.4. The van der Waals surface area contributed by atoms with Crippen LogP contribution in [0.25, 0.3) is 110 Å². The predicted molar refractivity (Wildman–Crippen MR) is 260 cm³/mol. The van der Waals surface area contributed by atoms with E-state index in [9.17, 15) is 0 Å². The van der Waals surface area contributed by atoms with Gasteiger partial charge in [-0.25, -0.2) is 0 Å². The SMILES string of the molecule is N=C1c2ccccc2-c2cccc(-c3ccc4cc(-c5ccc6c7cc(-c8ccc9c(c8)c8ccccc8n9-c8ccccc8)ccc7n(-c7ccccc7)c6c5)ccc4c3)c21. The van der Waals surface area contributed by atoms with Crippen LogP contribution in [0, 0.1) is 5.41 Å². The van der Waals surface area contributed by atoms with E-state index in [0.29, 0.717) is 5.71 Å². The first-order valence-corrected chi connectivity index (χ1v) is 21.3. The Labute approximate surface area is 358 Å². The number of hydrogen-bond acceptors (Lipinski definition) is 1. The Hall–Kier alpha value is -8.27. The first-order chi connectivity index (χ1) is 30.7. The molecule has 3 heteroatoms. The van der Waals surface area contributed by atoms with E-state index in [1.807, 2.05) is 6.07 Å². The molecule has 2 heterocycles. The molecule has 12 aromatic rings. The zero-order chi connectivity index (χ0) is 40.9. The fourth-order valence-corrected chi connectivity index (χ4v) is 10.2. The summed E-state index contributed by atoms with van der Waals surface area (Å²) in [6.45, 7) is 0. The number of nitrogens with one attached hydrogen (secondary N) is 1. The standard InChI is InChI=1S/C59H37N3/c60-59-51-18-8-7-16-47(51)50-20-11-19-46(58(50)59)43-25-24-37-32-38(22-23-39(37)33-43)42-26-29-49-53-35-41(28-31-56(53)62(57(49)36-42)45-14-5-2-6-15-45)40-27-30-55-52(34-40)48-17-9-10-21-54(48)61(55)44-12-3-1-4-13-44/h1-36,60H. The van der Waals surface area contributed by atoms with Crippen molar-refractivity contribution < 1.29 is 0 Å². The quantitative estimate of drug-likeness (QED) is 0.180. The second-order valence-electron chi connectivity index (χ2n) is 16.5. The number of rotatable bonds is 5. The highest BCUT2D eigenvalue weighted by Crippen LogP contribution is 2.43. The summed E-state index contributed by atoms with van der Waals surface area (Å²) in [6.07, 6.45) is 0. The van der Waals surface area contributed by atoms with Crippen molar-refractivity contribution in [1.82, 2.24) is 9.13 Å². The Bertz CT molecular complexity index is 3810. The largest absolute Gasteiger partial charge is 0.309 e. The van der Waals surface area contributed by atoms with Gasteiger partial charge in [0, 0.05) is 44.0 Å². The molecule has 288 valence electrons. The number of fused-ring (bicyclic) bond motifs is 10. The molecule has 0 saturated heterocycles. The lowest BCUT2D eigenvalue weighted by Crippen LogP contribution is -1.98. The molecule has 0 fully saturated rings. The molecule has 0 saturated carbocycles. The molecule has 1 aliphatic carbocycles. The van der Waals surface area contributed by atoms with Gasteiger partial charge in [0.15, 0.2) is 0 Å². The van der Waals surface area contributed by atoms with E-state index in [4.69, 9.17) is 5.41 Å². The van der Waals surface area contributed by atoms with Gasteiger partial charge >= 0.3 is 0 Å². The highest BCUT2D eigenvalue weighted by atomic mass is 15.0. The van der Waals surface area contributed by atoms with Gasteiger partial charge in [-0.1, -0.05) is 146 Å². The molecule has 62 heavy (non-hydrogen) atoms. The summed E-state index contributed by atoms with van der Waals surface area (Å²) >= 11 is 0. The summed E-state index contributed by atoms with van der Waals surface area (Å²) in [4.78, 5) is 0. The molecule has 2 aromatic heterocycles. The maximum absolute atomic E-state index is 9.08. The van der Waals surface area contributed by atoms with Crippen LogP contribution in [0.15, 0.2) is 218 Å². The Morgan fingerprint density at radius 2 is 0.742 bits per heavy atom. The van der Waals surface area contributed by atoms with E-state index in [1.54, 1.807) is 0 Å². The van der Waals surface area contributed by atoms with Crippen molar-refractivity contribution in [2.45, 2.75) is 0 Å². The van der Waals surface area contributed by atoms with Gasteiger partial charge in [-0.15, -0.1) is 0 Å². The van der Waals surface area contributed by atoms with E-state index in [1.165, 1.54) is 82.3 Å². The van der Waals surface area contributed by atoms with Crippen LogP contribution in [0.1, 0.15) is 11.1 Å². The normalized spacial score (nSPS) is 12.2. The van der Waals surface area contributed by atoms with Crippen molar-refractivity contribution in [2.75, 3.05) is 0 Å². The van der Waals surface area contributed by atoms with Gasteiger partial charge in [0.25, 0.3) is 0 Å². The van der Waals surface area contributed by atoms with Crippen molar-refractivity contribution in [3.05, 3.63) is 230 Å². The summed E-state index contributed by atoms with van der Waals surface area (Å²) in [5.41, 5.74) is 19.0. The fraction of sp³-hybridized carbons (Fsp3) is 0. The maximum atomic E-state index is 9.08. The minimum atomic E-state index is 0.603. The smallest absolute Gasteiger partial charge is 0.0703 e. The fourth-order valence-electron chi connectivity index (χ4n) is 10.2. The van der Waals surface area contributed by atoms with Crippen LogP contribution in [-0.4, -0.2) is 14.8 Å². The second-order valence-corrected chi connectivity index (χ2v) is 16.5. The van der Waals surface area contributed by atoms with Gasteiger partial charge in [-0.3, -0.25) is 5.41 Å². The highest BCUT2D eigenvalue weighted by molar-refractivity contribution is 6.26. The zero-order valence-electron chi connectivity index (χ0n) is 33.7. The molecule has 0 aliphatic heterocycles. The maximum Gasteiger partial charge on any atom is 0.0703 e. The second kappa shape index (κ2) is 13.4. The third kappa shape index (κ3) is 5.15. The van der Waals surface area contributed by atoms with Crippen LogP contribution >= 0.6 is 0 Å². The van der Waals surface area contributed by atoms with Gasteiger partial charge in [-0.05, 0) is 128 Å². The molecule has 0 amide bonds. The third-order valence-electron chi connectivity index (χ3n) is 13.1. The third-order valence-corrected chi connectivity index (χ3v) is 13.1. The number of aromatic nitrogens is 2. The monoisotopic (exact) mass is 787 g/mol. The Morgan fingerprint density at radius 3 is 1.45 bits per heavy atom. The first kappa shape index (κ1) is 34.6. The van der Waals surface area contributed by atoms with Crippen molar-refractivity contribution in [3.8, 4) is 55.9 Å². The van der Waals surface area contributed by atoms with Crippen LogP contribution in [-0.2, 0) is 0 Å². The Balaban J connectivity index is 0.913. The molecule has 0 atom stereocenters. The van der Waals surface area contributed by atoms with Crippen molar-refractivity contribution in [3.63, 3.8) is 0 Å². The van der Waals surface area contributed by atoms with Gasteiger partial charge < -0.3 is 9.13 Å². The van der Waals surface area contributed by atoms with Crippen LogP contribution in [0.5, 0.6) is 0 Å². The van der Waals surface area contributed by atoms with Gasteiger partial charge in [0.1, 0.15) is 0 Å². The van der Waals surface area contributed by atoms with Gasteiger partial charge in [0.05, 0.1) is 27.8 Å². The van der Waals surface area contributed by atoms with Crippen molar-refractivity contribution in [2.24, 2.45) is 0 Å². The molecule has 13 rings (SSSR count). The molecule has 0 radical (unpaired) electrons. The topological polar surface area (TPSA) is 33.7 Å². The average molecular weight is 788 g/mol. The predicted octanol–water partition coefficient (Wildman–Crippen LogP) is 15.4. The molecule has 10 aromatic carbocycles. The number of hydrogen-bond donors (Lipinski definition) is 1. The molecule has 0 bridgehead atoms. The number of para-hydroxylation sites is 3. The molecule has 0 spiro atoms. The number of benzene rings is 10. The van der Waals surface area contributed by atoms with Crippen LogP contribution in [0.2, 0.25) is 0 Å². The first-order valence-electron chi connectivity index (χ1n) is 21.3. The summed E-state index contributed by atoms with van der Waals surface area (Å²) in [5.74, 6) is 0. The molecule has 1 aliphatic rings. The zero-order valence-corrected chi connectivity index (χ0v) is 33.7. The summed E-state index contributed by atoms with van der Waals surface area (Å²) in [6, 6.07) is 79.2. The lowest BCUT2D eigenvalue weighted by atomic mass is 9.92. The van der Waals surface area contributed by atoms with Crippen LogP contribution in [0.4, 0.5) is 0 Å². The van der Waals surface area contributed by atoms with E-state index < -0.39 is 0 Å². The van der Waals surface area contributed by atoms with E-state index in [0.717, 1.165) is 39.1 Å². The molecule has 3 nitrogen and oxygen atoms in total. The molecular formula is C59H37N3. The Morgan fingerprint density at radius 1 is 0.274 bits per heavy atom. The molecule has 1 N–H and O–H groups in total. The van der Waals surface area contributed by atoms with E-state index in [-0.39, 0.29) is 0 Å². The Kier molecular flexibility index (Phi) is 7.46. The van der Waals surface area contributed by atoms with Gasteiger partial charge in [-0.2, -0.15) is 0 Å². The molecule has 0 unspecified atom stereocenters. The highest BCUT2D eigenvalue weighted by Gasteiger charge is 2.26. The van der Waals surface area contributed by atoms with E-state index >= 15 is 0 Å². The van der Waals surface area contributed by atoms with Crippen molar-refractivity contribution in [1.29, 1.82) is 5.41 Å². The lowest BCUT2D eigenvalue weighted by molar-refractivity contribution is 1.18. The molecular weight excluding hydrogens is 751 g/mol. The minimum absolute atomic E-state index is 0.603.